The maximum atomic E-state index is 13.1. The number of nitrogens with zero attached hydrogens (tertiary/aromatic N) is 3. The van der Waals surface area contributed by atoms with Gasteiger partial charge in [-0.1, -0.05) is 19.1 Å². The van der Waals surface area contributed by atoms with Crippen LogP contribution in [0, 0.1) is 0 Å². The molecule has 1 atom stereocenters. The van der Waals surface area contributed by atoms with E-state index in [4.69, 9.17) is 9.47 Å². The Morgan fingerprint density at radius 2 is 1.58 bits per heavy atom. The van der Waals surface area contributed by atoms with Gasteiger partial charge in [0.05, 0.1) is 31.9 Å². The third-order valence-electron chi connectivity index (χ3n) is 6.41. The molecule has 2 amide bonds. The zero-order valence-electron chi connectivity index (χ0n) is 19.5. The predicted octanol–water partition coefficient (Wildman–Crippen LogP) is 2.98. The van der Waals surface area contributed by atoms with Crippen LogP contribution in [-0.4, -0.2) is 74.1 Å². The number of benzene rings is 2. The summed E-state index contributed by atoms with van der Waals surface area (Å²) in [6.45, 7) is 7.07. The van der Waals surface area contributed by atoms with Gasteiger partial charge >= 0.3 is 0 Å². The monoisotopic (exact) mass is 451 g/mol. The number of carbonyl (C=O) groups excluding carboxylic acids is 2. The highest BCUT2D eigenvalue weighted by Crippen LogP contribution is 2.28. The van der Waals surface area contributed by atoms with E-state index in [0.717, 1.165) is 57.1 Å². The lowest BCUT2D eigenvalue weighted by atomic mass is 10.1. The second-order valence-electron chi connectivity index (χ2n) is 8.61. The molecule has 2 aromatic carbocycles. The summed E-state index contributed by atoms with van der Waals surface area (Å²) >= 11 is 0. The molecule has 0 radical (unpaired) electrons. The number of methoxy groups -OCH3 is 1. The van der Waals surface area contributed by atoms with Crippen molar-refractivity contribution in [2.24, 2.45) is 0 Å². The maximum Gasteiger partial charge on any atom is 0.251 e. The minimum Gasteiger partial charge on any atom is -0.497 e. The minimum atomic E-state index is -0.364. The van der Waals surface area contributed by atoms with Gasteiger partial charge in [-0.3, -0.25) is 14.5 Å². The van der Waals surface area contributed by atoms with E-state index < -0.39 is 0 Å². The summed E-state index contributed by atoms with van der Waals surface area (Å²) < 4.78 is 10.8. The fourth-order valence-electron chi connectivity index (χ4n) is 4.46. The molecule has 0 aliphatic carbocycles. The molecule has 2 saturated heterocycles. The molecule has 2 aliphatic heterocycles. The lowest BCUT2D eigenvalue weighted by molar-refractivity contribution is -0.123. The molecule has 7 nitrogen and oxygen atoms in total. The number of hydrogen-bond acceptors (Lipinski definition) is 6. The van der Waals surface area contributed by atoms with E-state index in [0.29, 0.717) is 12.3 Å². The van der Waals surface area contributed by atoms with Crippen LogP contribution < -0.4 is 14.4 Å². The van der Waals surface area contributed by atoms with E-state index in [1.54, 1.807) is 19.2 Å². The summed E-state index contributed by atoms with van der Waals surface area (Å²) in [4.78, 5) is 31.8. The van der Waals surface area contributed by atoms with Crippen molar-refractivity contribution in [3.8, 4) is 11.5 Å². The quantitative estimate of drug-likeness (QED) is 0.547. The fraction of sp³-hybridized carbons (Fsp3) is 0.462. The second kappa shape index (κ2) is 10.8. The highest BCUT2D eigenvalue weighted by Gasteiger charge is 2.43. The van der Waals surface area contributed by atoms with Crippen molar-refractivity contribution in [3.63, 3.8) is 0 Å². The number of carbonyl (C=O) groups is 2. The van der Waals surface area contributed by atoms with Gasteiger partial charge in [0.25, 0.3) is 5.91 Å². The summed E-state index contributed by atoms with van der Waals surface area (Å²) in [6, 6.07) is 15.1. The van der Waals surface area contributed by atoms with Crippen molar-refractivity contribution in [2.45, 2.75) is 32.2 Å². The van der Waals surface area contributed by atoms with E-state index in [1.165, 1.54) is 10.5 Å². The Bertz CT molecular complexity index is 937. The van der Waals surface area contributed by atoms with E-state index in [2.05, 4.69) is 28.9 Å². The van der Waals surface area contributed by atoms with Crippen LogP contribution in [0.25, 0.3) is 0 Å². The first-order chi connectivity index (χ1) is 16.1. The lowest BCUT2D eigenvalue weighted by Crippen LogP contribution is -2.52. The summed E-state index contributed by atoms with van der Waals surface area (Å²) in [5.74, 6) is 1.38. The summed E-state index contributed by atoms with van der Waals surface area (Å²) in [5.41, 5.74) is 1.91. The van der Waals surface area contributed by atoms with Gasteiger partial charge in [-0.2, -0.15) is 0 Å². The number of imide groups is 1. The largest absolute Gasteiger partial charge is 0.497 e. The standard InChI is InChI=1S/C26H33N3O4/c1-3-18-33-23-10-6-21(7-11-23)29-25(30)19-24(26(29)31)28-16-14-27(15-17-28)13-12-20-4-8-22(32-2)9-5-20/h4-11,24H,3,12-19H2,1-2H3. The number of rotatable bonds is 9. The van der Waals surface area contributed by atoms with Gasteiger partial charge in [-0.15, -0.1) is 0 Å². The van der Waals surface area contributed by atoms with Gasteiger partial charge in [0.15, 0.2) is 0 Å². The van der Waals surface area contributed by atoms with E-state index in [9.17, 15) is 9.59 Å². The molecule has 4 rings (SSSR count). The molecule has 1 unspecified atom stereocenters. The zero-order valence-corrected chi connectivity index (χ0v) is 19.5. The highest BCUT2D eigenvalue weighted by atomic mass is 16.5. The number of anilines is 1. The van der Waals surface area contributed by atoms with Crippen LogP contribution in [0.3, 0.4) is 0 Å². The molecule has 2 aromatic rings. The molecule has 2 fully saturated rings. The number of piperazine rings is 1. The number of amides is 2. The van der Waals surface area contributed by atoms with Crippen molar-refractivity contribution in [1.29, 1.82) is 0 Å². The van der Waals surface area contributed by atoms with Crippen molar-refractivity contribution >= 4 is 17.5 Å². The molecule has 33 heavy (non-hydrogen) atoms. The molecule has 0 spiro atoms. The Kier molecular flexibility index (Phi) is 7.62. The molecular weight excluding hydrogens is 418 g/mol. The average Bonchev–Trinajstić information content (AvgIpc) is 3.16. The Labute approximate surface area is 195 Å². The summed E-state index contributed by atoms with van der Waals surface area (Å²) in [7, 11) is 1.68. The fourth-order valence-corrected chi connectivity index (χ4v) is 4.46. The van der Waals surface area contributed by atoms with Crippen LogP contribution in [0.1, 0.15) is 25.3 Å². The predicted molar refractivity (Wildman–Crippen MR) is 128 cm³/mol. The Morgan fingerprint density at radius 1 is 0.909 bits per heavy atom. The lowest BCUT2D eigenvalue weighted by Gasteiger charge is -2.37. The average molecular weight is 452 g/mol. The van der Waals surface area contributed by atoms with Crippen molar-refractivity contribution in [2.75, 3.05) is 51.3 Å². The van der Waals surface area contributed by atoms with Crippen LogP contribution >= 0.6 is 0 Å². The molecular formula is C26H33N3O4. The summed E-state index contributed by atoms with van der Waals surface area (Å²) in [6.07, 6.45) is 2.16. The molecule has 0 aromatic heterocycles. The summed E-state index contributed by atoms with van der Waals surface area (Å²) in [5, 5.41) is 0. The molecule has 2 heterocycles. The molecule has 0 N–H and O–H groups in total. The molecule has 0 saturated carbocycles. The first-order valence-electron chi connectivity index (χ1n) is 11.8. The molecule has 0 bridgehead atoms. The Balaban J connectivity index is 1.28. The SMILES string of the molecule is CCCOc1ccc(N2C(=O)CC(N3CCN(CCc4ccc(OC)cc4)CC3)C2=O)cc1. The first kappa shape index (κ1) is 23.3. The van der Waals surface area contributed by atoms with Gasteiger partial charge in [0, 0.05) is 32.7 Å². The highest BCUT2D eigenvalue weighted by molar-refractivity contribution is 6.22. The van der Waals surface area contributed by atoms with Crippen molar-refractivity contribution in [1.82, 2.24) is 9.80 Å². The second-order valence-corrected chi connectivity index (χ2v) is 8.61. The third-order valence-corrected chi connectivity index (χ3v) is 6.41. The van der Waals surface area contributed by atoms with Crippen LogP contribution in [0.2, 0.25) is 0 Å². The normalized spacial score (nSPS) is 19.8. The van der Waals surface area contributed by atoms with Crippen molar-refractivity contribution < 1.29 is 19.1 Å². The first-order valence-corrected chi connectivity index (χ1v) is 11.8. The smallest absolute Gasteiger partial charge is 0.251 e. The van der Waals surface area contributed by atoms with E-state index in [1.807, 2.05) is 24.3 Å². The van der Waals surface area contributed by atoms with Gasteiger partial charge in [0.1, 0.15) is 11.5 Å². The van der Waals surface area contributed by atoms with Crippen LogP contribution in [-0.2, 0) is 16.0 Å². The van der Waals surface area contributed by atoms with Gasteiger partial charge in [0.2, 0.25) is 5.91 Å². The zero-order chi connectivity index (χ0) is 23.2. The third kappa shape index (κ3) is 5.54. The molecule has 7 heteroatoms. The van der Waals surface area contributed by atoms with Crippen LogP contribution in [0.15, 0.2) is 48.5 Å². The minimum absolute atomic E-state index is 0.117. The Morgan fingerprint density at radius 3 is 2.21 bits per heavy atom. The van der Waals surface area contributed by atoms with Gasteiger partial charge < -0.3 is 14.4 Å². The van der Waals surface area contributed by atoms with Gasteiger partial charge in [-0.05, 0) is 54.8 Å². The molecule has 176 valence electrons. The Hall–Kier alpha value is -2.90. The van der Waals surface area contributed by atoms with Crippen LogP contribution in [0.5, 0.6) is 11.5 Å². The number of hydrogen-bond donors (Lipinski definition) is 0. The maximum absolute atomic E-state index is 13.1. The van der Waals surface area contributed by atoms with E-state index in [-0.39, 0.29) is 24.3 Å². The van der Waals surface area contributed by atoms with Crippen LogP contribution in [0.4, 0.5) is 5.69 Å². The van der Waals surface area contributed by atoms with Gasteiger partial charge in [-0.25, -0.2) is 4.90 Å². The molecule has 2 aliphatic rings. The topological polar surface area (TPSA) is 62.3 Å². The van der Waals surface area contributed by atoms with E-state index >= 15 is 0 Å². The number of ether oxygens (including phenoxy) is 2. The van der Waals surface area contributed by atoms with Crippen molar-refractivity contribution in [3.05, 3.63) is 54.1 Å².